The first-order chi connectivity index (χ1) is 13.6. The molecule has 1 saturated heterocycles. The van der Waals surface area contributed by atoms with Crippen LogP contribution in [0.15, 0.2) is 35.9 Å². The number of methoxy groups -OCH3 is 1. The highest BCUT2D eigenvalue weighted by Crippen LogP contribution is 2.42. The molecule has 1 aromatic rings. The van der Waals surface area contributed by atoms with Crippen molar-refractivity contribution in [2.45, 2.75) is 24.6 Å². The highest BCUT2D eigenvalue weighted by molar-refractivity contribution is 6.30. The van der Waals surface area contributed by atoms with Crippen molar-refractivity contribution in [2.24, 2.45) is 11.5 Å². The van der Waals surface area contributed by atoms with E-state index >= 15 is 0 Å². The lowest BCUT2D eigenvalue weighted by Gasteiger charge is -2.42. The van der Waals surface area contributed by atoms with Crippen LogP contribution in [0, 0.1) is 0 Å². The molecule has 1 atom stereocenters. The minimum atomic E-state index is -4.68. The summed E-state index contributed by atoms with van der Waals surface area (Å²) in [6.07, 6.45) is -0.442. The van der Waals surface area contributed by atoms with Crippen molar-refractivity contribution in [3.8, 4) is 0 Å². The lowest BCUT2D eigenvalue weighted by Crippen LogP contribution is -2.51. The van der Waals surface area contributed by atoms with E-state index in [4.69, 9.17) is 27.8 Å². The third-order valence-corrected chi connectivity index (χ3v) is 4.96. The lowest BCUT2D eigenvalue weighted by molar-refractivity contribution is -0.147. The molecule has 160 valence electrons. The van der Waals surface area contributed by atoms with E-state index in [9.17, 15) is 18.0 Å². The SMILES string of the molecule is CN/C(N)=C/C(=C\N)C(=O)N1CCCC(OC)(c2ncc(Cl)cc2C(F)(F)F)C1. The fourth-order valence-corrected chi connectivity index (χ4v) is 3.43. The minimum Gasteiger partial charge on any atom is -0.404 e. The van der Waals surface area contributed by atoms with Crippen LogP contribution in [0.2, 0.25) is 5.02 Å². The number of aromatic nitrogens is 1. The van der Waals surface area contributed by atoms with Crippen molar-refractivity contribution in [1.29, 1.82) is 0 Å². The van der Waals surface area contributed by atoms with Gasteiger partial charge in [-0.2, -0.15) is 13.2 Å². The Morgan fingerprint density at radius 3 is 2.72 bits per heavy atom. The lowest BCUT2D eigenvalue weighted by atomic mass is 9.86. The number of nitrogens with zero attached hydrogens (tertiary/aromatic N) is 2. The zero-order valence-electron chi connectivity index (χ0n) is 16.0. The molecule has 1 amide bonds. The van der Waals surface area contributed by atoms with Crippen molar-refractivity contribution in [3.05, 3.63) is 52.2 Å². The molecule has 29 heavy (non-hydrogen) atoms. The van der Waals surface area contributed by atoms with E-state index in [1.54, 1.807) is 7.05 Å². The number of nitrogens with one attached hydrogen (secondary N) is 1. The van der Waals surface area contributed by atoms with Gasteiger partial charge < -0.3 is 26.4 Å². The van der Waals surface area contributed by atoms with Gasteiger partial charge in [-0.15, -0.1) is 0 Å². The average molecular weight is 434 g/mol. The molecule has 0 saturated carbocycles. The van der Waals surface area contributed by atoms with Gasteiger partial charge in [0.2, 0.25) is 0 Å². The van der Waals surface area contributed by atoms with Crippen molar-refractivity contribution in [1.82, 2.24) is 15.2 Å². The van der Waals surface area contributed by atoms with Crippen LogP contribution >= 0.6 is 11.6 Å². The zero-order valence-corrected chi connectivity index (χ0v) is 16.8. The normalized spacial score (nSPS) is 21.2. The number of halogens is 4. The summed E-state index contributed by atoms with van der Waals surface area (Å²) < 4.78 is 46.4. The van der Waals surface area contributed by atoms with E-state index in [2.05, 4.69) is 10.3 Å². The van der Waals surface area contributed by atoms with Gasteiger partial charge in [0, 0.05) is 33.1 Å². The van der Waals surface area contributed by atoms with Gasteiger partial charge in [0.1, 0.15) is 5.60 Å². The second-order valence-electron chi connectivity index (χ2n) is 6.55. The van der Waals surface area contributed by atoms with Gasteiger partial charge in [-0.25, -0.2) is 0 Å². The Hall–Kier alpha value is -2.46. The summed E-state index contributed by atoms with van der Waals surface area (Å²) in [5, 5.41) is 2.53. The Balaban J connectivity index is 2.45. The standard InChI is InChI=1S/C18H23ClF3N5O2/c1-25-14(24)6-11(8-23)16(28)27-5-3-4-17(10-27,29-2)15-13(18(20,21)22)7-12(19)9-26-15/h6-9,25H,3-5,10,23-24H2,1-2H3/b11-8+,14-6+. The van der Waals surface area contributed by atoms with Crippen molar-refractivity contribution >= 4 is 17.5 Å². The summed E-state index contributed by atoms with van der Waals surface area (Å²) in [5.74, 6) is -0.266. The monoisotopic (exact) mass is 433 g/mol. The largest absolute Gasteiger partial charge is 0.418 e. The van der Waals surface area contributed by atoms with E-state index in [1.807, 2.05) is 0 Å². The molecule has 0 radical (unpaired) electrons. The Kier molecular flexibility index (Phi) is 7.02. The first kappa shape index (κ1) is 22.8. The molecule has 0 aromatic carbocycles. The van der Waals surface area contributed by atoms with Gasteiger partial charge >= 0.3 is 6.18 Å². The molecule has 1 unspecified atom stereocenters. The number of nitrogens with two attached hydrogens (primary N) is 2. The molecule has 7 nitrogen and oxygen atoms in total. The molecule has 2 rings (SSSR count). The Labute approximate surface area is 171 Å². The number of pyridine rings is 1. The fraction of sp³-hybridized carbons (Fsp3) is 0.444. The third-order valence-electron chi connectivity index (χ3n) is 4.75. The van der Waals surface area contributed by atoms with Crippen molar-refractivity contribution < 1.29 is 22.7 Å². The van der Waals surface area contributed by atoms with Crippen LogP contribution in [-0.2, 0) is 21.3 Å². The first-order valence-electron chi connectivity index (χ1n) is 8.72. The van der Waals surface area contributed by atoms with Gasteiger partial charge in [-0.05, 0) is 25.0 Å². The summed E-state index contributed by atoms with van der Waals surface area (Å²) in [4.78, 5) is 18.2. The fourth-order valence-electron chi connectivity index (χ4n) is 3.27. The molecular formula is C18H23ClF3N5O2. The quantitative estimate of drug-likeness (QED) is 0.485. The van der Waals surface area contributed by atoms with Crippen LogP contribution in [-0.4, -0.2) is 43.0 Å². The van der Waals surface area contributed by atoms with E-state index in [0.29, 0.717) is 13.0 Å². The maximum atomic E-state index is 13.6. The molecule has 0 spiro atoms. The molecule has 1 fully saturated rings. The number of carbonyl (C=O) groups is 1. The van der Waals surface area contributed by atoms with E-state index in [-0.39, 0.29) is 35.1 Å². The van der Waals surface area contributed by atoms with E-state index in [0.717, 1.165) is 18.5 Å². The zero-order chi connectivity index (χ0) is 21.8. The van der Waals surface area contributed by atoms with Crippen molar-refractivity contribution in [3.63, 3.8) is 0 Å². The topological polar surface area (TPSA) is 106 Å². The predicted molar refractivity (Wildman–Crippen MR) is 102 cm³/mol. The maximum Gasteiger partial charge on any atom is 0.418 e. The highest BCUT2D eigenvalue weighted by atomic mass is 35.5. The van der Waals surface area contributed by atoms with Gasteiger partial charge in [0.25, 0.3) is 5.91 Å². The molecule has 1 aliphatic heterocycles. The Morgan fingerprint density at radius 1 is 1.48 bits per heavy atom. The van der Waals surface area contributed by atoms with Crippen LogP contribution in [0.3, 0.4) is 0 Å². The summed E-state index contributed by atoms with van der Waals surface area (Å²) in [7, 11) is 2.87. The second-order valence-corrected chi connectivity index (χ2v) is 6.98. The average Bonchev–Trinajstić information content (AvgIpc) is 2.70. The van der Waals surface area contributed by atoms with Gasteiger partial charge in [-0.1, -0.05) is 11.6 Å². The van der Waals surface area contributed by atoms with Crippen LogP contribution in [0.1, 0.15) is 24.1 Å². The van der Waals surface area contributed by atoms with Crippen LogP contribution in [0.5, 0.6) is 0 Å². The number of alkyl halides is 3. The number of carbonyl (C=O) groups excluding carboxylic acids is 1. The maximum absolute atomic E-state index is 13.6. The summed E-state index contributed by atoms with van der Waals surface area (Å²) in [6.45, 7) is 0.189. The number of hydrogen-bond donors (Lipinski definition) is 3. The first-order valence-corrected chi connectivity index (χ1v) is 9.10. The van der Waals surface area contributed by atoms with Gasteiger partial charge in [-0.3, -0.25) is 9.78 Å². The number of ether oxygens (including phenoxy) is 1. The second kappa shape index (κ2) is 8.91. The molecule has 1 aliphatic rings. The number of piperidine rings is 1. The molecule has 1 aromatic heterocycles. The molecule has 0 aliphatic carbocycles. The van der Waals surface area contributed by atoms with Crippen LogP contribution in [0.4, 0.5) is 13.2 Å². The van der Waals surface area contributed by atoms with Gasteiger partial charge in [0.05, 0.1) is 34.2 Å². The Morgan fingerprint density at radius 2 is 2.17 bits per heavy atom. The summed E-state index contributed by atoms with van der Waals surface area (Å²) in [6, 6.07) is 0.812. The van der Waals surface area contributed by atoms with Crippen LogP contribution < -0.4 is 16.8 Å². The minimum absolute atomic E-state index is 0.101. The molecule has 2 heterocycles. The molecular weight excluding hydrogens is 411 g/mol. The molecule has 5 N–H and O–H groups in total. The third kappa shape index (κ3) is 4.94. The van der Waals surface area contributed by atoms with Gasteiger partial charge in [0.15, 0.2) is 0 Å². The highest BCUT2D eigenvalue weighted by Gasteiger charge is 2.46. The number of amides is 1. The number of likely N-dealkylation sites (tertiary alicyclic amines) is 1. The summed E-state index contributed by atoms with van der Waals surface area (Å²) in [5.41, 5.74) is 8.59. The van der Waals surface area contributed by atoms with E-state index in [1.165, 1.54) is 18.1 Å². The van der Waals surface area contributed by atoms with Crippen molar-refractivity contribution in [2.75, 3.05) is 27.2 Å². The van der Waals surface area contributed by atoms with Crippen LogP contribution in [0.25, 0.3) is 0 Å². The smallest absolute Gasteiger partial charge is 0.404 e. The van der Waals surface area contributed by atoms with E-state index < -0.39 is 23.2 Å². The Bertz CT molecular complexity index is 828. The predicted octanol–water partition coefficient (Wildman–Crippen LogP) is 2.08. The molecule has 0 bridgehead atoms. The number of hydrogen-bond acceptors (Lipinski definition) is 6. The number of rotatable bonds is 5. The summed E-state index contributed by atoms with van der Waals surface area (Å²) >= 11 is 5.74. The molecule has 11 heteroatoms.